The van der Waals surface area contributed by atoms with E-state index in [9.17, 15) is 4.39 Å². The van der Waals surface area contributed by atoms with Crippen molar-refractivity contribution in [3.8, 4) is 22.9 Å². The minimum atomic E-state index is -0.255. The first-order valence-corrected chi connectivity index (χ1v) is 9.67. The van der Waals surface area contributed by atoms with Gasteiger partial charge in [0.1, 0.15) is 19.0 Å². The van der Waals surface area contributed by atoms with Crippen molar-refractivity contribution in [2.45, 2.75) is 20.1 Å². The predicted octanol–water partition coefficient (Wildman–Crippen LogP) is 5.75. The van der Waals surface area contributed by atoms with Gasteiger partial charge in [-0.05, 0) is 41.8 Å². The number of benzene rings is 3. The number of rotatable bonds is 7. The molecule has 0 bridgehead atoms. The van der Waals surface area contributed by atoms with Crippen molar-refractivity contribution in [1.82, 2.24) is 10.2 Å². The lowest BCUT2D eigenvalue weighted by Gasteiger charge is -2.13. The summed E-state index contributed by atoms with van der Waals surface area (Å²) in [6.45, 7) is 2.44. The molecule has 3 aromatic carbocycles. The van der Waals surface area contributed by atoms with Crippen molar-refractivity contribution in [3.63, 3.8) is 0 Å². The van der Waals surface area contributed by atoms with E-state index in [2.05, 4.69) is 10.2 Å². The van der Waals surface area contributed by atoms with E-state index in [1.807, 2.05) is 60.7 Å². The van der Waals surface area contributed by atoms with Crippen molar-refractivity contribution in [1.29, 1.82) is 0 Å². The van der Waals surface area contributed by atoms with Crippen molar-refractivity contribution >= 4 is 0 Å². The van der Waals surface area contributed by atoms with Gasteiger partial charge in [0.25, 0.3) is 5.88 Å². The smallest absolute Gasteiger partial charge is 0.276 e. The molecule has 4 aromatic rings. The zero-order valence-corrected chi connectivity index (χ0v) is 16.6. The van der Waals surface area contributed by atoms with E-state index in [0.29, 0.717) is 36.1 Å². The number of nitrogens with zero attached hydrogens (tertiary/aromatic N) is 2. The SMILES string of the molecule is Cc1cc(-c2cc(OCc3ccccc3)c(OCc3ccccc3)nn2)ccc1F. The van der Waals surface area contributed by atoms with E-state index in [-0.39, 0.29) is 5.82 Å². The first-order valence-electron chi connectivity index (χ1n) is 9.67. The maximum atomic E-state index is 13.6. The average molecular weight is 400 g/mol. The molecule has 0 saturated heterocycles. The molecule has 4 rings (SSSR count). The van der Waals surface area contributed by atoms with E-state index in [0.717, 1.165) is 16.7 Å². The van der Waals surface area contributed by atoms with E-state index < -0.39 is 0 Å². The van der Waals surface area contributed by atoms with Crippen LogP contribution in [0.4, 0.5) is 4.39 Å². The Morgan fingerprint density at radius 2 is 1.37 bits per heavy atom. The molecule has 0 N–H and O–H groups in total. The summed E-state index contributed by atoms with van der Waals surface area (Å²) < 4.78 is 25.6. The number of halogens is 1. The topological polar surface area (TPSA) is 44.2 Å². The Labute approximate surface area is 174 Å². The van der Waals surface area contributed by atoms with Gasteiger partial charge in [0.2, 0.25) is 0 Å². The first kappa shape index (κ1) is 19.6. The predicted molar refractivity (Wildman–Crippen MR) is 114 cm³/mol. The van der Waals surface area contributed by atoms with Crippen LogP contribution in [0.25, 0.3) is 11.3 Å². The van der Waals surface area contributed by atoms with Gasteiger partial charge in [-0.15, -0.1) is 10.2 Å². The fourth-order valence-electron chi connectivity index (χ4n) is 2.97. The van der Waals surface area contributed by atoms with Crippen LogP contribution in [0.2, 0.25) is 0 Å². The Hall–Kier alpha value is -3.73. The third-order valence-electron chi connectivity index (χ3n) is 4.64. The molecular weight excluding hydrogens is 379 g/mol. The molecule has 0 aliphatic carbocycles. The molecule has 4 nitrogen and oxygen atoms in total. The second-order valence-electron chi connectivity index (χ2n) is 6.91. The summed E-state index contributed by atoms with van der Waals surface area (Å²) in [5, 5.41) is 8.51. The van der Waals surface area contributed by atoms with E-state index in [1.54, 1.807) is 25.1 Å². The van der Waals surface area contributed by atoms with Gasteiger partial charge in [-0.2, -0.15) is 0 Å². The Morgan fingerprint density at radius 3 is 2.00 bits per heavy atom. The molecule has 5 heteroatoms. The minimum absolute atomic E-state index is 0.255. The quantitative estimate of drug-likeness (QED) is 0.396. The lowest BCUT2D eigenvalue weighted by molar-refractivity contribution is 0.244. The number of aromatic nitrogens is 2. The van der Waals surface area contributed by atoms with E-state index >= 15 is 0 Å². The molecule has 0 spiro atoms. The molecular formula is C25H21FN2O2. The standard InChI is InChI=1S/C25H21FN2O2/c1-18-14-21(12-13-22(18)26)23-15-24(29-16-19-8-4-2-5-9-19)25(28-27-23)30-17-20-10-6-3-7-11-20/h2-15H,16-17H2,1H3. The van der Waals surface area contributed by atoms with E-state index in [4.69, 9.17) is 9.47 Å². The van der Waals surface area contributed by atoms with Gasteiger partial charge in [-0.3, -0.25) is 0 Å². The zero-order valence-electron chi connectivity index (χ0n) is 16.6. The molecule has 0 radical (unpaired) electrons. The van der Waals surface area contributed by atoms with Gasteiger partial charge >= 0.3 is 0 Å². The highest BCUT2D eigenvalue weighted by atomic mass is 19.1. The van der Waals surface area contributed by atoms with Crippen LogP contribution in [0.5, 0.6) is 11.6 Å². The molecule has 0 amide bonds. The number of hydrogen-bond donors (Lipinski definition) is 0. The van der Waals surface area contributed by atoms with Gasteiger partial charge in [0, 0.05) is 11.6 Å². The highest BCUT2D eigenvalue weighted by molar-refractivity contribution is 5.62. The normalized spacial score (nSPS) is 10.6. The van der Waals surface area contributed by atoms with Gasteiger partial charge < -0.3 is 9.47 Å². The summed E-state index contributed by atoms with van der Waals surface area (Å²) in [5.74, 6) is 0.550. The third kappa shape index (κ3) is 4.81. The van der Waals surface area contributed by atoms with Gasteiger partial charge in [0.15, 0.2) is 5.75 Å². The maximum absolute atomic E-state index is 13.6. The summed E-state index contributed by atoms with van der Waals surface area (Å²) in [6, 6.07) is 26.3. The van der Waals surface area contributed by atoms with Crippen LogP contribution >= 0.6 is 0 Å². The molecule has 0 aliphatic heterocycles. The largest absolute Gasteiger partial charge is 0.483 e. The molecule has 0 aliphatic rings. The molecule has 1 aromatic heterocycles. The molecule has 0 unspecified atom stereocenters. The van der Waals surface area contributed by atoms with Crippen molar-refractivity contribution in [3.05, 3.63) is 107 Å². The number of hydrogen-bond acceptors (Lipinski definition) is 4. The number of aryl methyl sites for hydroxylation is 1. The third-order valence-corrected chi connectivity index (χ3v) is 4.64. The maximum Gasteiger partial charge on any atom is 0.276 e. The summed E-state index contributed by atoms with van der Waals surface area (Å²) in [6.07, 6.45) is 0. The highest BCUT2D eigenvalue weighted by Gasteiger charge is 2.13. The summed E-state index contributed by atoms with van der Waals surface area (Å²) >= 11 is 0. The molecule has 150 valence electrons. The van der Waals surface area contributed by atoms with Crippen LogP contribution in [0.15, 0.2) is 84.9 Å². The summed E-state index contributed by atoms with van der Waals surface area (Å²) in [4.78, 5) is 0. The monoisotopic (exact) mass is 400 g/mol. The Morgan fingerprint density at radius 1 is 0.733 bits per heavy atom. The fraction of sp³-hybridized carbons (Fsp3) is 0.120. The lowest BCUT2D eigenvalue weighted by atomic mass is 10.1. The zero-order chi connectivity index (χ0) is 20.8. The second-order valence-corrected chi connectivity index (χ2v) is 6.91. The first-order chi connectivity index (χ1) is 14.7. The molecule has 30 heavy (non-hydrogen) atoms. The molecule has 0 saturated carbocycles. The van der Waals surface area contributed by atoms with Crippen LogP contribution in [-0.4, -0.2) is 10.2 Å². The van der Waals surface area contributed by atoms with Crippen LogP contribution in [-0.2, 0) is 13.2 Å². The Kier molecular flexibility index (Phi) is 5.99. The minimum Gasteiger partial charge on any atom is -0.483 e. The molecule has 0 atom stereocenters. The van der Waals surface area contributed by atoms with Crippen molar-refractivity contribution < 1.29 is 13.9 Å². The van der Waals surface area contributed by atoms with Crippen LogP contribution in [0.1, 0.15) is 16.7 Å². The average Bonchev–Trinajstić information content (AvgIpc) is 2.80. The number of ether oxygens (including phenoxy) is 2. The Balaban J connectivity index is 1.61. The van der Waals surface area contributed by atoms with Crippen LogP contribution in [0, 0.1) is 12.7 Å². The highest BCUT2D eigenvalue weighted by Crippen LogP contribution is 2.30. The second kappa shape index (κ2) is 9.18. The van der Waals surface area contributed by atoms with Crippen LogP contribution in [0.3, 0.4) is 0 Å². The van der Waals surface area contributed by atoms with Gasteiger partial charge in [-0.25, -0.2) is 4.39 Å². The molecule has 1 heterocycles. The fourth-order valence-corrected chi connectivity index (χ4v) is 2.97. The van der Waals surface area contributed by atoms with Crippen molar-refractivity contribution in [2.24, 2.45) is 0 Å². The van der Waals surface area contributed by atoms with Gasteiger partial charge in [0.05, 0.1) is 5.69 Å². The molecule has 0 fully saturated rings. The summed E-state index contributed by atoms with van der Waals surface area (Å²) in [7, 11) is 0. The lowest BCUT2D eigenvalue weighted by Crippen LogP contribution is -2.04. The van der Waals surface area contributed by atoms with Crippen molar-refractivity contribution in [2.75, 3.05) is 0 Å². The van der Waals surface area contributed by atoms with E-state index in [1.165, 1.54) is 6.07 Å². The van der Waals surface area contributed by atoms with Gasteiger partial charge in [-0.1, -0.05) is 60.7 Å². The van der Waals surface area contributed by atoms with Crippen LogP contribution < -0.4 is 9.47 Å². The summed E-state index contributed by atoms with van der Waals surface area (Å²) in [5.41, 5.74) is 3.95. The Bertz CT molecular complexity index is 1120.